The lowest BCUT2D eigenvalue weighted by molar-refractivity contribution is 0.213. The number of fused-ring (bicyclic) bond motifs is 2. The van der Waals surface area contributed by atoms with Gasteiger partial charge in [-0.25, -0.2) is 0 Å². The molecule has 2 nitrogen and oxygen atoms in total. The van der Waals surface area contributed by atoms with E-state index in [2.05, 4.69) is 29.9 Å². The molecule has 22 heavy (non-hydrogen) atoms. The van der Waals surface area contributed by atoms with Crippen LogP contribution in [0.4, 0.5) is 0 Å². The van der Waals surface area contributed by atoms with Crippen molar-refractivity contribution in [2.24, 2.45) is 5.16 Å². The highest BCUT2D eigenvalue weighted by molar-refractivity contribution is 8.01. The van der Waals surface area contributed by atoms with Crippen molar-refractivity contribution in [3.05, 3.63) is 39.4 Å². The smallest absolute Gasteiger partial charge is 0.106 e. The number of halogens is 2. The van der Waals surface area contributed by atoms with Gasteiger partial charge in [0.05, 0.1) is 15.8 Å². The number of rotatable bonds is 4. The molecule has 1 aromatic rings. The highest BCUT2D eigenvalue weighted by Crippen LogP contribution is 2.50. The fraction of sp³-hybridized carbons (Fsp3) is 0.471. The van der Waals surface area contributed by atoms with Crippen molar-refractivity contribution in [1.82, 2.24) is 0 Å². The van der Waals surface area contributed by atoms with E-state index in [1.54, 1.807) is 7.11 Å². The van der Waals surface area contributed by atoms with Gasteiger partial charge in [-0.1, -0.05) is 41.3 Å². The Hall–Kier alpha value is -0.640. The number of benzene rings is 1. The summed E-state index contributed by atoms with van der Waals surface area (Å²) in [6, 6.07) is 5.93. The maximum atomic E-state index is 6.23. The van der Waals surface area contributed by atoms with Crippen LogP contribution in [0.3, 0.4) is 0 Å². The van der Waals surface area contributed by atoms with Gasteiger partial charge in [-0.15, -0.1) is 11.8 Å². The van der Waals surface area contributed by atoms with Crippen LogP contribution in [0.25, 0.3) is 5.57 Å². The average Bonchev–Trinajstić information content (AvgIpc) is 2.90. The third kappa shape index (κ3) is 3.04. The van der Waals surface area contributed by atoms with Gasteiger partial charge < -0.3 is 4.84 Å². The van der Waals surface area contributed by atoms with E-state index in [0.717, 1.165) is 18.6 Å². The van der Waals surface area contributed by atoms with Crippen LogP contribution in [0, 0.1) is 0 Å². The molecule has 0 spiro atoms. The first-order valence-electron chi connectivity index (χ1n) is 7.58. The lowest BCUT2D eigenvalue weighted by Gasteiger charge is -2.27. The number of hydrogen-bond donors (Lipinski definition) is 0. The van der Waals surface area contributed by atoms with Crippen LogP contribution in [0.15, 0.2) is 28.9 Å². The van der Waals surface area contributed by atoms with Crippen molar-refractivity contribution in [2.45, 2.75) is 43.1 Å². The van der Waals surface area contributed by atoms with Crippen LogP contribution in [0.2, 0.25) is 10.0 Å². The summed E-state index contributed by atoms with van der Waals surface area (Å²) in [4.78, 5) is 5.08. The Morgan fingerprint density at radius 1 is 1.32 bits per heavy atom. The van der Waals surface area contributed by atoms with E-state index in [4.69, 9.17) is 28.0 Å². The lowest BCUT2D eigenvalue weighted by Crippen LogP contribution is -2.19. The number of allylic oxidation sites excluding steroid dienone is 1. The number of thioether (sulfide) groups is 1. The predicted molar refractivity (Wildman–Crippen MR) is 97.1 cm³/mol. The molecule has 2 heterocycles. The van der Waals surface area contributed by atoms with Crippen LogP contribution < -0.4 is 0 Å². The van der Waals surface area contributed by atoms with Crippen LogP contribution >= 0.6 is 35.0 Å². The zero-order chi connectivity index (χ0) is 15.7. The third-order valence-electron chi connectivity index (χ3n) is 4.30. The monoisotopic (exact) mass is 355 g/mol. The van der Waals surface area contributed by atoms with Crippen LogP contribution in [0.5, 0.6) is 0 Å². The number of nitrogens with zero attached hydrogens (tertiary/aromatic N) is 1. The van der Waals surface area contributed by atoms with Gasteiger partial charge in [0, 0.05) is 10.5 Å². The van der Waals surface area contributed by atoms with E-state index in [1.807, 2.05) is 12.1 Å². The topological polar surface area (TPSA) is 21.6 Å². The second-order valence-corrected chi connectivity index (χ2v) is 7.95. The minimum absolute atomic E-state index is 0.525. The first kappa shape index (κ1) is 16.2. The van der Waals surface area contributed by atoms with Crippen molar-refractivity contribution in [3.63, 3.8) is 0 Å². The van der Waals surface area contributed by atoms with Gasteiger partial charge in [-0.05, 0) is 54.5 Å². The predicted octanol–water partition coefficient (Wildman–Crippen LogP) is 5.83. The van der Waals surface area contributed by atoms with Crippen molar-refractivity contribution in [1.29, 1.82) is 0 Å². The second kappa shape index (κ2) is 6.86. The zero-order valence-corrected chi connectivity index (χ0v) is 15.1. The molecule has 0 aromatic heterocycles. The Labute approximate surface area is 145 Å². The largest absolute Gasteiger partial charge is 0.399 e. The van der Waals surface area contributed by atoms with Gasteiger partial charge in [0.15, 0.2) is 0 Å². The normalized spacial score (nSPS) is 24.8. The molecule has 0 amide bonds. The van der Waals surface area contributed by atoms with Gasteiger partial charge >= 0.3 is 0 Å². The molecule has 2 bridgehead atoms. The van der Waals surface area contributed by atoms with Crippen molar-refractivity contribution >= 4 is 46.2 Å². The molecule has 0 saturated carbocycles. The van der Waals surface area contributed by atoms with Crippen LogP contribution in [0.1, 0.15) is 38.2 Å². The van der Waals surface area contributed by atoms with Crippen molar-refractivity contribution < 1.29 is 4.84 Å². The summed E-state index contributed by atoms with van der Waals surface area (Å²) >= 11 is 14.4. The Balaban J connectivity index is 2.13. The highest BCUT2D eigenvalue weighted by Gasteiger charge is 2.37. The van der Waals surface area contributed by atoms with Crippen molar-refractivity contribution in [2.75, 3.05) is 7.11 Å². The molecule has 1 aromatic carbocycles. The van der Waals surface area contributed by atoms with Gasteiger partial charge in [0.1, 0.15) is 7.11 Å². The molecule has 1 fully saturated rings. The summed E-state index contributed by atoms with van der Waals surface area (Å²) in [6.07, 6.45) is 4.43. The van der Waals surface area contributed by atoms with Gasteiger partial charge in [-0.3, -0.25) is 0 Å². The Morgan fingerprint density at radius 3 is 2.82 bits per heavy atom. The first-order valence-corrected chi connectivity index (χ1v) is 9.28. The zero-order valence-electron chi connectivity index (χ0n) is 12.7. The standard InChI is InChI=1S/C17H19Cl2NOS/c1-3-15(20-21-2)17-12(9-11-5-7-16(17)22-11)10-4-6-13(18)14(19)8-10/h4,6,8,11,16H,3,5,7,9H2,1-2H3/t11?,16-/m0/s1. The van der Waals surface area contributed by atoms with E-state index in [9.17, 15) is 0 Å². The SMILES string of the molecule is CCC(=NOC)C1=C(c2ccc(Cl)c(Cl)c2)CC2CC[C@@H]1S2. The molecule has 0 aliphatic carbocycles. The van der Waals surface area contributed by atoms with Crippen LogP contribution in [-0.2, 0) is 4.84 Å². The maximum absolute atomic E-state index is 6.23. The van der Waals surface area contributed by atoms with E-state index in [0.29, 0.717) is 20.5 Å². The summed E-state index contributed by atoms with van der Waals surface area (Å²) in [7, 11) is 1.61. The summed E-state index contributed by atoms with van der Waals surface area (Å²) in [5.41, 5.74) is 4.93. The minimum atomic E-state index is 0.525. The van der Waals surface area contributed by atoms with Crippen molar-refractivity contribution in [3.8, 4) is 0 Å². The molecule has 3 rings (SSSR count). The molecule has 1 saturated heterocycles. The minimum Gasteiger partial charge on any atom is -0.399 e. The molecule has 2 aliphatic heterocycles. The summed E-state index contributed by atoms with van der Waals surface area (Å²) in [6.45, 7) is 2.13. The van der Waals surface area contributed by atoms with E-state index >= 15 is 0 Å². The average molecular weight is 356 g/mol. The summed E-state index contributed by atoms with van der Waals surface area (Å²) in [5, 5.41) is 6.73. The number of oxime groups is 1. The Kier molecular flexibility index (Phi) is 5.06. The Morgan fingerprint density at radius 2 is 2.14 bits per heavy atom. The maximum Gasteiger partial charge on any atom is 0.106 e. The molecule has 0 N–H and O–H groups in total. The molecule has 2 aliphatic rings. The van der Waals surface area contributed by atoms with Gasteiger partial charge in [-0.2, -0.15) is 0 Å². The molecule has 118 valence electrons. The quantitative estimate of drug-likeness (QED) is 0.500. The molecule has 0 radical (unpaired) electrons. The Bertz CT molecular complexity index is 642. The molecule has 2 atom stereocenters. The molecule has 5 heteroatoms. The lowest BCUT2D eigenvalue weighted by atomic mass is 9.91. The van der Waals surface area contributed by atoms with E-state index in [1.165, 1.54) is 29.6 Å². The highest BCUT2D eigenvalue weighted by atomic mass is 35.5. The van der Waals surface area contributed by atoms with Gasteiger partial charge in [0.25, 0.3) is 0 Å². The fourth-order valence-electron chi connectivity index (χ4n) is 3.33. The molecular formula is C17H19Cl2NOS. The second-order valence-electron chi connectivity index (χ2n) is 5.62. The van der Waals surface area contributed by atoms with E-state index in [-0.39, 0.29) is 0 Å². The third-order valence-corrected chi connectivity index (χ3v) is 6.63. The van der Waals surface area contributed by atoms with Crippen LogP contribution in [-0.4, -0.2) is 23.3 Å². The summed E-state index contributed by atoms with van der Waals surface area (Å²) in [5.74, 6) is 0. The van der Waals surface area contributed by atoms with Gasteiger partial charge in [0.2, 0.25) is 0 Å². The van der Waals surface area contributed by atoms with E-state index < -0.39 is 0 Å². The number of hydrogen-bond acceptors (Lipinski definition) is 3. The fourth-order valence-corrected chi connectivity index (χ4v) is 5.32. The molecule has 1 unspecified atom stereocenters. The first-order chi connectivity index (χ1) is 10.6. The summed E-state index contributed by atoms with van der Waals surface area (Å²) < 4.78 is 0. The molecular weight excluding hydrogens is 337 g/mol.